The van der Waals surface area contributed by atoms with Gasteiger partial charge < -0.3 is 4.74 Å². The molecule has 1 aliphatic heterocycles. The van der Waals surface area contributed by atoms with Gasteiger partial charge in [0.1, 0.15) is 15.7 Å². The Morgan fingerprint density at radius 2 is 1.63 bits per heavy atom. The van der Waals surface area contributed by atoms with Gasteiger partial charge in [-0.05, 0) is 12.3 Å². The number of Topliss-reactive ketones (excluding diaryl/α,β-unsaturated/α-hetero) is 1. The van der Waals surface area contributed by atoms with Gasteiger partial charge >= 0.3 is 0 Å². The molecule has 6 heteroatoms. The molecule has 1 heterocycles. The van der Waals surface area contributed by atoms with E-state index in [1.54, 1.807) is 0 Å². The minimum absolute atomic E-state index is 0.0822. The van der Waals surface area contributed by atoms with Crippen LogP contribution in [0.3, 0.4) is 0 Å². The molecule has 0 radical (unpaired) electrons. The zero-order chi connectivity index (χ0) is 13.5. The van der Waals surface area contributed by atoms with Crippen molar-refractivity contribution in [3.8, 4) is 0 Å². The first-order valence-electron chi connectivity index (χ1n) is 6.01. The molecule has 4 atom stereocenters. The minimum Gasteiger partial charge on any atom is -0.359 e. The number of carbonyl (C=O) groups excluding carboxylic acids is 1. The van der Waals surface area contributed by atoms with Crippen molar-refractivity contribution in [3.05, 3.63) is 32.3 Å². The second kappa shape index (κ2) is 3.80. The highest BCUT2D eigenvalue weighted by Gasteiger charge is 2.69. The van der Waals surface area contributed by atoms with Crippen LogP contribution in [0.15, 0.2) is 32.3 Å². The van der Waals surface area contributed by atoms with E-state index >= 15 is 0 Å². The third-order valence-corrected chi connectivity index (χ3v) is 6.47. The summed E-state index contributed by atoms with van der Waals surface area (Å²) in [6, 6.07) is 0. The molecule has 1 spiro atoms. The van der Waals surface area contributed by atoms with Crippen LogP contribution >= 0.6 is 46.4 Å². The number of hydrogen-bond donors (Lipinski definition) is 0. The number of rotatable bonds is 0. The topological polar surface area (TPSA) is 26.3 Å². The Labute approximate surface area is 130 Å². The molecule has 2 bridgehead atoms. The first-order valence-corrected chi connectivity index (χ1v) is 7.52. The van der Waals surface area contributed by atoms with E-state index in [1.165, 1.54) is 0 Å². The molecular weight excluding hydrogens is 330 g/mol. The third kappa shape index (κ3) is 1.28. The van der Waals surface area contributed by atoms with Gasteiger partial charge in [-0.3, -0.25) is 4.79 Å². The molecular formula is C13H8Cl4O2. The van der Waals surface area contributed by atoms with Crippen LogP contribution in [0.2, 0.25) is 0 Å². The Morgan fingerprint density at radius 3 is 2.21 bits per heavy atom. The van der Waals surface area contributed by atoms with Gasteiger partial charge in [0, 0.05) is 11.8 Å². The first kappa shape index (κ1) is 12.7. The molecule has 2 fully saturated rings. The number of fused-ring (bicyclic) bond motifs is 6. The van der Waals surface area contributed by atoms with E-state index in [9.17, 15) is 4.79 Å². The van der Waals surface area contributed by atoms with Crippen molar-refractivity contribution in [1.82, 2.24) is 0 Å². The van der Waals surface area contributed by atoms with Crippen LogP contribution in [0.5, 0.6) is 0 Å². The fourth-order valence-corrected chi connectivity index (χ4v) is 5.07. The zero-order valence-electron chi connectivity index (χ0n) is 9.50. The van der Waals surface area contributed by atoms with E-state index in [0.717, 1.165) is 6.42 Å². The smallest absolute Gasteiger partial charge is 0.218 e. The van der Waals surface area contributed by atoms with Crippen molar-refractivity contribution >= 4 is 52.2 Å². The van der Waals surface area contributed by atoms with Crippen LogP contribution in [-0.2, 0) is 9.53 Å². The van der Waals surface area contributed by atoms with Gasteiger partial charge in [0.2, 0.25) is 5.78 Å². The number of hydrogen-bond acceptors (Lipinski definition) is 2. The highest BCUT2D eigenvalue weighted by molar-refractivity contribution is 6.61. The average Bonchev–Trinajstić information content (AvgIpc) is 2.91. The van der Waals surface area contributed by atoms with Crippen LogP contribution in [0, 0.1) is 17.8 Å². The van der Waals surface area contributed by atoms with Crippen LogP contribution in [0.25, 0.3) is 0 Å². The summed E-state index contributed by atoms with van der Waals surface area (Å²) < 4.78 is 5.99. The van der Waals surface area contributed by atoms with Crippen molar-refractivity contribution in [2.45, 2.75) is 18.1 Å². The molecule has 1 unspecified atom stereocenters. The molecule has 0 aromatic carbocycles. The lowest BCUT2D eigenvalue weighted by Crippen LogP contribution is -2.63. The van der Waals surface area contributed by atoms with Crippen LogP contribution in [0.1, 0.15) is 6.42 Å². The standard InChI is InChI=1S/C13H8Cl4O2/c14-7-9(18)8(15)12(17)13(11(7)16)6-4-1-2-5(3-4)10(6)19-13/h1-2,4-6,10H,3H2/t4-,5+,6?,10+/m1/s1. The van der Waals surface area contributed by atoms with Crippen molar-refractivity contribution in [3.63, 3.8) is 0 Å². The van der Waals surface area contributed by atoms with E-state index < -0.39 is 11.4 Å². The van der Waals surface area contributed by atoms with E-state index in [4.69, 9.17) is 51.1 Å². The van der Waals surface area contributed by atoms with Crippen LogP contribution in [-0.4, -0.2) is 17.5 Å². The number of halogens is 4. The van der Waals surface area contributed by atoms with Crippen molar-refractivity contribution < 1.29 is 9.53 Å². The summed E-state index contributed by atoms with van der Waals surface area (Å²) in [5, 5.41) is 0.189. The number of ketones is 1. The van der Waals surface area contributed by atoms with Crippen LogP contribution in [0.4, 0.5) is 0 Å². The molecule has 1 saturated carbocycles. The normalized spacial score (nSPS) is 42.2. The maximum Gasteiger partial charge on any atom is 0.218 e. The molecule has 0 N–H and O–H groups in total. The largest absolute Gasteiger partial charge is 0.359 e. The SMILES string of the molecule is O=C1C(Cl)=C(Cl)C2(O[C@@H]3C2[C@@H]2C=C[C@H]3C2)C(Cl)=C1Cl. The van der Waals surface area contributed by atoms with Gasteiger partial charge in [0.25, 0.3) is 0 Å². The number of ether oxygens (including phenoxy) is 1. The summed E-state index contributed by atoms with van der Waals surface area (Å²) in [5.41, 5.74) is -1.000. The van der Waals surface area contributed by atoms with Gasteiger partial charge in [0.15, 0.2) is 0 Å². The van der Waals surface area contributed by atoms with E-state index in [-0.39, 0.29) is 32.2 Å². The molecule has 2 nitrogen and oxygen atoms in total. The first-order chi connectivity index (χ1) is 8.98. The Bertz CT molecular complexity index is 576. The van der Waals surface area contributed by atoms with Gasteiger partial charge in [-0.25, -0.2) is 0 Å². The van der Waals surface area contributed by atoms with Gasteiger partial charge in [-0.1, -0.05) is 58.6 Å². The van der Waals surface area contributed by atoms with Crippen molar-refractivity contribution in [2.75, 3.05) is 0 Å². The van der Waals surface area contributed by atoms with E-state index in [0.29, 0.717) is 11.8 Å². The Balaban J connectivity index is 1.88. The summed E-state index contributed by atoms with van der Waals surface area (Å²) in [7, 11) is 0. The van der Waals surface area contributed by atoms with Gasteiger partial charge in [0.05, 0.1) is 16.2 Å². The second-order valence-electron chi connectivity index (χ2n) is 5.38. The molecule has 4 aliphatic rings. The average molecular weight is 338 g/mol. The predicted molar refractivity (Wildman–Crippen MR) is 74.3 cm³/mol. The number of allylic oxidation sites excluding steroid dienone is 3. The summed E-state index contributed by atoms with van der Waals surface area (Å²) in [4.78, 5) is 11.8. The molecule has 0 amide bonds. The molecule has 3 aliphatic carbocycles. The highest BCUT2D eigenvalue weighted by atomic mass is 35.5. The zero-order valence-corrected chi connectivity index (χ0v) is 12.5. The Hall–Kier alpha value is 0.01000. The van der Waals surface area contributed by atoms with E-state index in [1.807, 2.05) is 0 Å². The molecule has 100 valence electrons. The van der Waals surface area contributed by atoms with Gasteiger partial charge in [-0.15, -0.1) is 0 Å². The predicted octanol–water partition coefficient (Wildman–Crippen LogP) is 3.91. The fraction of sp³-hybridized carbons (Fsp3) is 0.462. The maximum absolute atomic E-state index is 11.8. The molecule has 4 rings (SSSR count). The van der Waals surface area contributed by atoms with Crippen molar-refractivity contribution in [2.24, 2.45) is 17.8 Å². The monoisotopic (exact) mass is 336 g/mol. The van der Waals surface area contributed by atoms with E-state index in [2.05, 4.69) is 12.2 Å². The quantitative estimate of drug-likeness (QED) is 0.626. The highest BCUT2D eigenvalue weighted by Crippen LogP contribution is 2.66. The lowest BCUT2D eigenvalue weighted by Gasteiger charge is -2.56. The minimum atomic E-state index is -1.000. The van der Waals surface area contributed by atoms with Gasteiger partial charge in [-0.2, -0.15) is 0 Å². The molecule has 19 heavy (non-hydrogen) atoms. The lowest BCUT2D eigenvalue weighted by atomic mass is 9.69. The van der Waals surface area contributed by atoms with Crippen LogP contribution < -0.4 is 0 Å². The fourth-order valence-electron chi connectivity index (χ4n) is 3.81. The summed E-state index contributed by atoms with van der Waals surface area (Å²) in [6.45, 7) is 0. The van der Waals surface area contributed by atoms with Crippen molar-refractivity contribution in [1.29, 1.82) is 0 Å². The Morgan fingerprint density at radius 1 is 1.05 bits per heavy atom. The summed E-state index contributed by atoms with van der Waals surface area (Å²) in [5.74, 6) is 0.353. The lowest BCUT2D eigenvalue weighted by molar-refractivity contribution is -0.217. The number of carbonyl (C=O) groups is 1. The maximum atomic E-state index is 11.8. The third-order valence-electron chi connectivity index (χ3n) is 4.61. The molecule has 1 saturated heterocycles. The summed E-state index contributed by atoms with van der Waals surface area (Å²) >= 11 is 24.6. The second-order valence-corrected chi connectivity index (χ2v) is 6.89. The molecule has 0 aromatic rings. The molecule has 0 aromatic heterocycles. The Kier molecular flexibility index (Phi) is 2.55. The summed E-state index contributed by atoms with van der Waals surface area (Å²) in [6.07, 6.45) is 5.47.